The highest BCUT2D eigenvalue weighted by molar-refractivity contribution is 7.90. The van der Waals surface area contributed by atoms with E-state index in [0.29, 0.717) is 12.8 Å². The third-order valence-corrected chi connectivity index (χ3v) is 2.95. The van der Waals surface area contributed by atoms with E-state index in [1.165, 1.54) is 6.08 Å². The minimum atomic E-state index is -5.14. The molecule has 0 bridgehead atoms. The summed E-state index contributed by atoms with van der Waals surface area (Å²) in [5.74, 6) is 0. The van der Waals surface area contributed by atoms with E-state index in [9.17, 15) is 21.6 Å². The smallest absolute Gasteiger partial charge is 0.194 e. The van der Waals surface area contributed by atoms with Crippen LogP contribution in [0.15, 0.2) is 11.0 Å². The van der Waals surface area contributed by atoms with Crippen LogP contribution in [0.4, 0.5) is 13.2 Å². The summed E-state index contributed by atoms with van der Waals surface area (Å²) >= 11 is 0. The minimum Gasteiger partial charge on any atom is -0.194 e. The first kappa shape index (κ1) is 10.5. The van der Waals surface area contributed by atoms with Crippen molar-refractivity contribution in [1.82, 2.24) is 0 Å². The van der Waals surface area contributed by atoms with Gasteiger partial charge in [-0.2, -0.15) is 12.6 Å². The molecule has 0 aromatic rings. The Morgan fingerprint density at radius 2 is 2.00 bits per heavy atom. The van der Waals surface area contributed by atoms with E-state index < -0.39 is 16.5 Å². The Morgan fingerprint density at radius 1 is 1.38 bits per heavy atom. The Kier molecular flexibility index (Phi) is 2.67. The van der Waals surface area contributed by atoms with Crippen LogP contribution in [0.1, 0.15) is 19.3 Å². The van der Waals surface area contributed by atoms with Crippen LogP contribution in [-0.2, 0) is 14.3 Å². The van der Waals surface area contributed by atoms with Crippen molar-refractivity contribution in [1.29, 1.82) is 0 Å². The Labute approximate surface area is 73.3 Å². The van der Waals surface area contributed by atoms with Gasteiger partial charge in [-0.1, -0.05) is 6.08 Å². The van der Waals surface area contributed by atoms with Gasteiger partial charge in [-0.25, -0.2) is 0 Å². The third-order valence-electron chi connectivity index (χ3n) is 1.52. The Morgan fingerprint density at radius 3 is 2.38 bits per heavy atom. The molecule has 0 atom stereocenters. The normalized spacial score (nSPS) is 18.8. The number of hydrogen-bond acceptors (Lipinski definition) is 3. The molecule has 1 aliphatic rings. The molecular formula is C6H7F3O3S. The zero-order valence-electron chi connectivity index (χ0n) is 6.47. The van der Waals surface area contributed by atoms with Crippen LogP contribution in [0.25, 0.3) is 0 Å². The van der Waals surface area contributed by atoms with Gasteiger partial charge in [0, 0.05) is 0 Å². The highest BCUT2D eigenvalue weighted by Crippen LogP contribution is 2.29. The van der Waals surface area contributed by atoms with Gasteiger partial charge in [0.05, 0.1) is 4.91 Å². The van der Waals surface area contributed by atoms with Crippen molar-refractivity contribution in [3.05, 3.63) is 11.0 Å². The van der Waals surface area contributed by atoms with Gasteiger partial charge in [0.25, 0.3) is 10.1 Å². The molecule has 0 aliphatic heterocycles. The van der Waals surface area contributed by atoms with Crippen LogP contribution in [0.5, 0.6) is 0 Å². The molecule has 1 rings (SSSR count). The largest absolute Gasteiger partial charge is 0.537 e. The van der Waals surface area contributed by atoms with E-state index in [1.54, 1.807) is 0 Å². The van der Waals surface area contributed by atoms with E-state index in [-0.39, 0.29) is 11.3 Å². The second-order valence-corrected chi connectivity index (χ2v) is 4.15. The summed E-state index contributed by atoms with van der Waals surface area (Å²) in [4.78, 5) is -0.273. The first-order valence-electron chi connectivity index (χ1n) is 3.53. The predicted molar refractivity (Wildman–Crippen MR) is 38.0 cm³/mol. The van der Waals surface area contributed by atoms with Crippen molar-refractivity contribution in [2.45, 2.75) is 25.6 Å². The second-order valence-electron chi connectivity index (χ2n) is 2.55. The van der Waals surface area contributed by atoms with Crippen LogP contribution < -0.4 is 0 Å². The Hall–Kier alpha value is -0.560. The first-order valence-corrected chi connectivity index (χ1v) is 4.93. The lowest BCUT2D eigenvalue weighted by Gasteiger charge is -2.07. The van der Waals surface area contributed by atoms with Gasteiger partial charge in [0.15, 0.2) is 0 Å². The summed E-state index contributed by atoms with van der Waals surface area (Å²) in [5.41, 5.74) is 0. The minimum absolute atomic E-state index is 0.123. The van der Waals surface area contributed by atoms with E-state index in [1.807, 2.05) is 0 Å². The molecule has 0 aromatic heterocycles. The van der Waals surface area contributed by atoms with Gasteiger partial charge in [-0.05, 0) is 19.3 Å². The topological polar surface area (TPSA) is 43.4 Å². The molecule has 0 radical (unpaired) electrons. The molecule has 7 heteroatoms. The fraction of sp³-hybridized carbons (Fsp3) is 0.667. The third kappa shape index (κ3) is 3.00. The number of halogens is 3. The zero-order chi connectivity index (χ0) is 10.1. The molecule has 0 saturated heterocycles. The molecule has 76 valence electrons. The second kappa shape index (κ2) is 3.30. The maximum absolute atomic E-state index is 11.6. The van der Waals surface area contributed by atoms with Gasteiger partial charge in [-0.15, -0.1) is 13.2 Å². The number of rotatable bonds is 2. The summed E-state index contributed by atoms with van der Waals surface area (Å²) in [6.07, 6.45) is -2.73. The number of hydrogen-bond donors (Lipinski definition) is 0. The Bertz CT molecular complexity index is 315. The maximum atomic E-state index is 11.6. The quantitative estimate of drug-likeness (QED) is 0.662. The summed E-state index contributed by atoms with van der Waals surface area (Å²) in [6, 6.07) is 0. The van der Waals surface area contributed by atoms with E-state index >= 15 is 0 Å². The summed E-state index contributed by atoms with van der Waals surface area (Å²) in [6.45, 7) is 0. The van der Waals surface area contributed by atoms with Crippen molar-refractivity contribution in [3.8, 4) is 0 Å². The van der Waals surface area contributed by atoms with Crippen LogP contribution in [-0.4, -0.2) is 14.8 Å². The predicted octanol–water partition coefficient (Wildman–Crippen LogP) is 1.92. The van der Waals surface area contributed by atoms with Gasteiger partial charge in [0.1, 0.15) is 0 Å². The lowest BCUT2D eigenvalue weighted by Crippen LogP contribution is -2.20. The van der Waals surface area contributed by atoms with Gasteiger partial charge in [0.2, 0.25) is 0 Å². The van der Waals surface area contributed by atoms with Gasteiger partial charge < -0.3 is 0 Å². The van der Waals surface area contributed by atoms with E-state index in [2.05, 4.69) is 4.18 Å². The van der Waals surface area contributed by atoms with Crippen molar-refractivity contribution in [2.75, 3.05) is 0 Å². The van der Waals surface area contributed by atoms with E-state index in [4.69, 9.17) is 0 Å². The summed E-state index contributed by atoms with van der Waals surface area (Å²) in [5, 5.41) is 0. The molecule has 0 saturated carbocycles. The standard InChI is InChI=1S/C6H7F3O3S/c7-6(8,9)12-13(10,11)5-3-1-2-4-5/h3H,1-2,4H2. The van der Waals surface area contributed by atoms with Crippen molar-refractivity contribution in [2.24, 2.45) is 0 Å². The molecule has 0 heterocycles. The molecule has 1 aliphatic carbocycles. The van der Waals surface area contributed by atoms with E-state index in [0.717, 1.165) is 0 Å². The van der Waals surface area contributed by atoms with Crippen LogP contribution >= 0.6 is 0 Å². The lowest BCUT2D eigenvalue weighted by atomic mass is 10.4. The Balaban J connectivity index is 2.78. The lowest BCUT2D eigenvalue weighted by molar-refractivity contribution is -0.271. The molecule has 13 heavy (non-hydrogen) atoms. The molecule has 3 nitrogen and oxygen atoms in total. The summed E-state index contributed by atoms with van der Waals surface area (Å²) < 4.78 is 59.4. The van der Waals surface area contributed by atoms with Crippen molar-refractivity contribution < 1.29 is 25.8 Å². The zero-order valence-corrected chi connectivity index (χ0v) is 7.28. The highest BCUT2D eigenvalue weighted by atomic mass is 32.2. The van der Waals surface area contributed by atoms with Crippen molar-refractivity contribution in [3.63, 3.8) is 0 Å². The van der Waals surface area contributed by atoms with Gasteiger partial charge in [-0.3, -0.25) is 0 Å². The number of alkyl halides is 3. The number of allylic oxidation sites excluding steroid dienone is 2. The maximum Gasteiger partial charge on any atom is 0.537 e. The van der Waals surface area contributed by atoms with Gasteiger partial charge >= 0.3 is 6.36 Å². The van der Waals surface area contributed by atoms with Crippen LogP contribution in [0.2, 0.25) is 0 Å². The monoisotopic (exact) mass is 216 g/mol. The summed E-state index contributed by atoms with van der Waals surface area (Å²) in [7, 11) is -4.58. The van der Waals surface area contributed by atoms with Crippen LogP contribution in [0, 0.1) is 0 Å². The fourth-order valence-corrected chi connectivity index (χ4v) is 2.12. The SMILES string of the molecule is O=S(=O)(OC(F)(F)F)C1=CCCC1. The average molecular weight is 216 g/mol. The molecule has 0 spiro atoms. The van der Waals surface area contributed by atoms with Crippen LogP contribution in [0.3, 0.4) is 0 Å². The molecular weight excluding hydrogens is 209 g/mol. The molecule has 0 unspecified atom stereocenters. The molecule has 0 aromatic carbocycles. The molecule has 0 amide bonds. The first-order chi connectivity index (χ1) is 5.81. The fourth-order valence-electron chi connectivity index (χ4n) is 1.05. The highest BCUT2D eigenvalue weighted by Gasteiger charge is 2.38. The molecule has 0 fully saturated rings. The van der Waals surface area contributed by atoms with Crippen molar-refractivity contribution >= 4 is 10.1 Å². The average Bonchev–Trinajstić information content (AvgIpc) is 2.29. The molecule has 0 N–H and O–H groups in total.